The molecule has 1 spiro atoms. The average Bonchev–Trinajstić information content (AvgIpc) is 3.45. The molecular weight excluding hydrogens is 394 g/mol. The molecule has 2 aromatic carbocycles. The number of hydrogen-bond acceptors (Lipinski definition) is 4. The molecule has 1 saturated carbocycles. The van der Waals surface area contributed by atoms with Crippen molar-refractivity contribution >= 4 is 28.3 Å². The predicted octanol–water partition coefficient (Wildman–Crippen LogP) is 4.83. The fourth-order valence-corrected chi connectivity index (χ4v) is 5.66. The van der Waals surface area contributed by atoms with Crippen molar-refractivity contribution in [2.75, 3.05) is 5.32 Å². The minimum atomic E-state index is -0.511. The van der Waals surface area contributed by atoms with Crippen molar-refractivity contribution in [3.8, 4) is 0 Å². The third-order valence-electron chi connectivity index (χ3n) is 6.40. The summed E-state index contributed by atoms with van der Waals surface area (Å²) in [6, 6.07) is 17.6. The summed E-state index contributed by atoms with van der Waals surface area (Å²) >= 11 is 1.41. The summed E-state index contributed by atoms with van der Waals surface area (Å²) in [7, 11) is 0. The molecule has 1 unspecified atom stereocenters. The molecule has 5 nitrogen and oxygen atoms in total. The molecule has 30 heavy (non-hydrogen) atoms. The van der Waals surface area contributed by atoms with E-state index < -0.39 is 11.5 Å². The SMILES string of the molecule is O=C(Nc1nccs1)C1c2ccccc2C(=O)N(Cc2ccccc2)C12CCCC2. The van der Waals surface area contributed by atoms with Crippen LogP contribution in [0.1, 0.15) is 53.1 Å². The molecule has 1 N–H and O–H groups in total. The van der Waals surface area contributed by atoms with Crippen LogP contribution in [0, 0.1) is 0 Å². The van der Waals surface area contributed by atoms with Gasteiger partial charge in [-0.15, -0.1) is 11.3 Å². The van der Waals surface area contributed by atoms with Crippen LogP contribution in [0.25, 0.3) is 0 Å². The van der Waals surface area contributed by atoms with Crippen molar-refractivity contribution in [1.82, 2.24) is 9.88 Å². The quantitative estimate of drug-likeness (QED) is 0.661. The van der Waals surface area contributed by atoms with Crippen LogP contribution in [0.5, 0.6) is 0 Å². The minimum Gasteiger partial charge on any atom is -0.327 e. The third kappa shape index (κ3) is 3.12. The molecule has 6 heteroatoms. The van der Waals surface area contributed by atoms with Crippen molar-refractivity contribution in [2.45, 2.75) is 43.7 Å². The lowest BCUT2D eigenvalue weighted by Gasteiger charge is -2.50. The molecule has 1 aliphatic heterocycles. The molecular formula is C24H23N3O2S. The van der Waals surface area contributed by atoms with Gasteiger partial charge in [-0.25, -0.2) is 4.98 Å². The Labute approximate surface area is 179 Å². The highest BCUT2D eigenvalue weighted by Crippen LogP contribution is 2.51. The minimum absolute atomic E-state index is 0.0228. The van der Waals surface area contributed by atoms with Crippen LogP contribution in [0.4, 0.5) is 5.13 Å². The van der Waals surface area contributed by atoms with Gasteiger partial charge in [0, 0.05) is 23.7 Å². The number of nitrogens with zero attached hydrogens (tertiary/aromatic N) is 2. The lowest BCUT2D eigenvalue weighted by molar-refractivity contribution is -0.121. The highest BCUT2D eigenvalue weighted by atomic mass is 32.1. The van der Waals surface area contributed by atoms with E-state index in [-0.39, 0.29) is 11.8 Å². The Morgan fingerprint density at radius 3 is 2.57 bits per heavy atom. The number of amides is 2. The molecule has 2 aliphatic rings. The lowest BCUT2D eigenvalue weighted by atomic mass is 9.71. The van der Waals surface area contributed by atoms with Crippen LogP contribution >= 0.6 is 11.3 Å². The summed E-state index contributed by atoms with van der Waals surface area (Å²) in [4.78, 5) is 33.5. The Hall–Kier alpha value is -2.99. The molecule has 2 heterocycles. The number of rotatable bonds is 4. The van der Waals surface area contributed by atoms with E-state index in [0.717, 1.165) is 36.8 Å². The first kappa shape index (κ1) is 19.0. The van der Waals surface area contributed by atoms with Crippen molar-refractivity contribution in [2.24, 2.45) is 0 Å². The summed E-state index contributed by atoms with van der Waals surface area (Å²) in [6.45, 7) is 0.509. The number of nitrogens with one attached hydrogen (secondary N) is 1. The van der Waals surface area contributed by atoms with Crippen LogP contribution in [0.15, 0.2) is 66.2 Å². The molecule has 0 radical (unpaired) electrons. The number of benzene rings is 2. The largest absolute Gasteiger partial charge is 0.327 e. The molecule has 0 bridgehead atoms. The zero-order chi connectivity index (χ0) is 20.6. The Morgan fingerprint density at radius 2 is 1.83 bits per heavy atom. The molecule has 1 fully saturated rings. The monoisotopic (exact) mass is 417 g/mol. The van der Waals surface area contributed by atoms with E-state index in [1.807, 2.05) is 64.9 Å². The van der Waals surface area contributed by atoms with Crippen LogP contribution in [-0.4, -0.2) is 27.2 Å². The normalized spacial score (nSPS) is 19.7. The highest BCUT2D eigenvalue weighted by Gasteiger charge is 2.55. The van der Waals surface area contributed by atoms with Gasteiger partial charge >= 0.3 is 0 Å². The standard InChI is InChI=1S/C24H23N3O2S/c28-21(26-23-25-14-15-30-23)20-18-10-4-5-11-19(18)22(29)27(24(20)12-6-7-13-24)16-17-8-2-1-3-9-17/h1-5,8-11,14-15,20H,6-7,12-13,16H2,(H,25,26,28). The van der Waals surface area contributed by atoms with E-state index >= 15 is 0 Å². The maximum atomic E-state index is 13.7. The van der Waals surface area contributed by atoms with Gasteiger partial charge in [0.1, 0.15) is 0 Å². The number of aromatic nitrogens is 1. The van der Waals surface area contributed by atoms with Gasteiger partial charge in [0.15, 0.2) is 5.13 Å². The van der Waals surface area contributed by atoms with E-state index in [2.05, 4.69) is 10.3 Å². The first-order valence-corrected chi connectivity index (χ1v) is 11.2. The lowest BCUT2D eigenvalue weighted by Crippen LogP contribution is -2.59. The summed E-state index contributed by atoms with van der Waals surface area (Å²) < 4.78 is 0. The molecule has 1 atom stereocenters. The second-order valence-corrected chi connectivity index (χ2v) is 8.93. The Kier molecular flexibility index (Phi) is 4.87. The number of carbonyl (C=O) groups excluding carboxylic acids is 2. The van der Waals surface area contributed by atoms with Crippen molar-refractivity contribution in [3.63, 3.8) is 0 Å². The smallest absolute Gasteiger partial charge is 0.254 e. The third-order valence-corrected chi connectivity index (χ3v) is 7.09. The topological polar surface area (TPSA) is 62.3 Å². The molecule has 1 aromatic heterocycles. The molecule has 1 aliphatic carbocycles. The van der Waals surface area contributed by atoms with Gasteiger partial charge in [-0.3, -0.25) is 9.59 Å². The molecule has 5 rings (SSSR count). The summed E-state index contributed by atoms with van der Waals surface area (Å²) in [6.07, 6.45) is 5.38. The highest BCUT2D eigenvalue weighted by molar-refractivity contribution is 7.13. The second-order valence-electron chi connectivity index (χ2n) is 8.03. The van der Waals surface area contributed by atoms with Crippen LogP contribution in [0.2, 0.25) is 0 Å². The molecule has 0 saturated heterocycles. The number of hydrogen-bond donors (Lipinski definition) is 1. The van der Waals surface area contributed by atoms with Gasteiger partial charge in [-0.05, 0) is 30.0 Å². The Bertz CT molecular complexity index is 1060. The zero-order valence-corrected chi connectivity index (χ0v) is 17.4. The summed E-state index contributed by atoms with van der Waals surface area (Å²) in [5.74, 6) is -0.471. The van der Waals surface area contributed by atoms with Gasteiger partial charge in [-0.2, -0.15) is 0 Å². The van der Waals surface area contributed by atoms with Gasteiger partial charge in [-0.1, -0.05) is 61.4 Å². The first-order chi connectivity index (χ1) is 14.7. The van der Waals surface area contributed by atoms with Crippen LogP contribution in [-0.2, 0) is 11.3 Å². The van der Waals surface area contributed by atoms with Gasteiger partial charge in [0.2, 0.25) is 5.91 Å². The van der Waals surface area contributed by atoms with E-state index in [9.17, 15) is 9.59 Å². The van der Waals surface area contributed by atoms with Crippen molar-refractivity contribution < 1.29 is 9.59 Å². The number of thiazole rings is 1. The van der Waals surface area contributed by atoms with E-state index in [0.29, 0.717) is 17.2 Å². The summed E-state index contributed by atoms with van der Waals surface area (Å²) in [5, 5.41) is 5.46. The van der Waals surface area contributed by atoms with E-state index in [1.54, 1.807) is 6.20 Å². The Balaban J connectivity index is 1.62. The molecule has 152 valence electrons. The fraction of sp³-hybridized carbons (Fsp3) is 0.292. The number of fused-ring (bicyclic) bond motifs is 1. The van der Waals surface area contributed by atoms with Gasteiger partial charge in [0.25, 0.3) is 5.91 Å². The Morgan fingerprint density at radius 1 is 1.10 bits per heavy atom. The van der Waals surface area contributed by atoms with Crippen molar-refractivity contribution in [3.05, 3.63) is 82.9 Å². The molecule has 2 amide bonds. The maximum absolute atomic E-state index is 13.7. The first-order valence-electron chi connectivity index (χ1n) is 10.3. The number of anilines is 1. The van der Waals surface area contributed by atoms with Gasteiger partial charge in [0.05, 0.1) is 11.5 Å². The van der Waals surface area contributed by atoms with Crippen molar-refractivity contribution in [1.29, 1.82) is 0 Å². The van der Waals surface area contributed by atoms with Crippen LogP contribution in [0.3, 0.4) is 0 Å². The average molecular weight is 418 g/mol. The van der Waals surface area contributed by atoms with Crippen LogP contribution < -0.4 is 5.32 Å². The maximum Gasteiger partial charge on any atom is 0.254 e. The fourth-order valence-electron chi connectivity index (χ4n) is 5.13. The number of carbonyl (C=O) groups is 2. The van der Waals surface area contributed by atoms with Gasteiger partial charge < -0.3 is 10.2 Å². The second kappa shape index (κ2) is 7.69. The van der Waals surface area contributed by atoms with E-state index in [1.165, 1.54) is 11.3 Å². The zero-order valence-electron chi connectivity index (χ0n) is 16.6. The molecule has 3 aromatic rings. The predicted molar refractivity (Wildman–Crippen MR) is 117 cm³/mol. The van der Waals surface area contributed by atoms with E-state index in [4.69, 9.17) is 0 Å². The summed E-state index contributed by atoms with van der Waals surface area (Å²) in [5.41, 5.74) is 2.03.